The number of hydrogen-bond acceptors (Lipinski definition) is 6. The zero-order valence-corrected chi connectivity index (χ0v) is 17.2. The van der Waals surface area contributed by atoms with Gasteiger partial charge in [-0.2, -0.15) is 0 Å². The molecule has 5 nitrogen and oxygen atoms in total. The molecular formula is C23H26N4OS. The van der Waals surface area contributed by atoms with Crippen molar-refractivity contribution in [3.8, 4) is 0 Å². The molecule has 0 amide bonds. The van der Waals surface area contributed by atoms with Crippen molar-refractivity contribution in [1.82, 2.24) is 9.97 Å². The van der Waals surface area contributed by atoms with Crippen LogP contribution in [0.4, 0.5) is 11.6 Å². The number of nitrogens with one attached hydrogen (secondary N) is 1. The molecule has 29 heavy (non-hydrogen) atoms. The van der Waals surface area contributed by atoms with Gasteiger partial charge in [-0.3, -0.25) is 0 Å². The Kier molecular flexibility index (Phi) is 6.64. The standard InChI is InChI=1S/C23H26N4OS/c28-16-19-5-4-12-27(15-19)23-13-22(25-17-26-23)24-14-18-8-10-21(11-9-18)29-20-6-2-1-3-7-20/h1-3,6-11,13,17,19,28H,4-5,12,14-16H2,(H,24,25,26). The smallest absolute Gasteiger partial charge is 0.134 e. The first kappa shape index (κ1) is 19.7. The van der Waals surface area contributed by atoms with Crippen LogP contribution < -0.4 is 10.2 Å². The molecule has 1 aliphatic rings. The van der Waals surface area contributed by atoms with E-state index in [4.69, 9.17) is 0 Å². The molecule has 1 saturated heterocycles. The lowest BCUT2D eigenvalue weighted by Crippen LogP contribution is -2.37. The molecule has 2 aromatic carbocycles. The fourth-order valence-electron chi connectivity index (χ4n) is 3.53. The SMILES string of the molecule is OCC1CCCN(c2cc(NCc3ccc(Sc4ccccc4)cc3)ncn2)C1. The summed E-state index contributed by atoms with van der Waals surface area (Å²) in [5.74, 6) is 2.08. The molecule has 0 radical (unpaired) electrons. The lowest BCUT2D eigenvalue weighted by atomic mass is 9.99. The van der Waals surface area contributed by atoms with Crippen LogP contribution in [0, 0.1) is 5.92 Å². The van der Waals surface area contributed by atoms with Gasteiger partial charge < -0.3 is 15.3 Å². The van der Waals surface area contributed by atoms with Crippen LogP contribution in [-0.4, -0.2) is 34.8 Å². The van der Waals surface area contributed by atoms with Gasteiger partial charge in [0.1, 0.15) is 18.0 Å². The van der Waals surface area contributed by atoms with Gasteiger partial charge in [-0.15, -0.1) is 0 Å². The zero-order valence-electron chi connectivity index (χ0n) is 16.4. The molecule has 150 valence electrons. The van der Waals surface area contributed by atoms with E-state index in [0.29, 0.717) is 12.5 Å². The second-order valence-corrected chi connectivity index (χ2v) is 8.46. The highest BCUT2D eigenvalue weighted by Gasteiger charge is 2.20. The van der Waals surface area contributed by atoms with Gasteiger partial charge in [-0.25, -0.2) is 9.97 Å². The van der Waals surface area contributed by atoms with Crippen LogP contribution >= 0.6 is 11.8 Å². The van der Waals surface area contributed by atoms with E-state index in [2.05, 4.69) is 68.7 Å². The number of rotatable bonds is 7. The van der Waals surface area contributed by atoms with Crippen molar-refractivity contribution >= 4 is 23.4 Å². The van der Waals surface area contributed by atoms with Crippen LogP contribution in [0.2, 0.25) is 0 Å². The summed E-state index contributed by atoms with van der Waals surface area (Å²) in [5, 5.41) is 12.9. The first-order valence-electron chi connectivity index (χ1n) is 10.0. The molecule has 0 bridgehead atoms. The third-order valence-corrected chi connectivity index (χ3v) is 6.15. The van der Waals surface area contributed by atoms with Crippen LogP contribution in [0.5, 0.6) is 0 Å². The number of piperidine rings is 1. The molecular weight excluding hydrogens is 380 g/mol. The van der Waals surface area contributed by atoms with Crippen LogP contribution in [0.25, 0.3) is 0 Å². The minimum absolute atomic E-state index is 0.241. The molecule has 2 heterocycles. The number of aliphatic hydroxyl groups is 1. The highest BCUT2D eigenvalue weighted by molar-refractivity contribution is 7.99. The summed E-state index contributed by atoms with van der Waals surface area (Å²) < 4.78 is 0. The molecule has 1 unspecified atom stereocenters. The Balaban J connectivity index is 1.34. The summed E-state index contributed by atoms with van der Waals surface area (Å²) in [5.41, 5.74) is 1.21. The Hall–Kier alpha value is -2.57. The average Bonchev–Trinajstić information content (AvgIpc) is 2.79. The van der Waals surface area contributed by atoms with E-state index < -0.39 is 0 Å². The normalized spacial score (nSPS) is 16.6. The van der Waals surface area contributed by atoms with E-state index in [-0.39, 0.29) is 6.61 Å². The van der Waals surface area contributed by atoms with Gasteiger partial charge in [-0.05, 0) is 48.6 Å². The molecule has 6 heteroatoms. The molecule has 2 N–H and O–H groups in total. The van der Waals surface area contributed by atoms with Crippen molar-refractivity contribution < 1.29 is 5.11 Å². The Labute approximate surface area is 176 Å². The Morgan fingerprint density at radius 1 is 1.03 bits per heavy atom. The lowest BCUT2D eigenvalue weighted by molar-refractivity contribution is 0.208. The van der Waals surface area contributed by atoms with E-state index in [9.17, 15) is 5.11 Å². The molecule has 1 aromatic heterocycles. The predicted molar refractivity (Wildman–Crippen MR) is 118 cm³/mol. The van der Waals surface area contributed by atoms with E-state index in [0.717, 1.165) is 37.6 Å². The number of hydrogen-bond donors (Lipinski definition) is 2. The maximum atomic E-state index is 9.45. The number of aromatic nitrogens is 2. The minimum atomic E-state index is 0.241. The molecule has 1 fully saturated rings. The average molecular weight is 407 g/mol. The fourth-order valence-corrected chi connectivity index (χ4v) is 4.37. The minimum Gasteiger partial charge on any atom is -0.396 e. The summed E-state index contributed by atoms with van der Waals surface area (Å²) in [6.07, 6.45) is 3.78. The summed E-state index contributed by atoms with van der Waals surface area (Å²) in [6, 6.07) is 21.0. The molecule has 0 aliphatic carbocycles. The van der Waals surface area contributed by atoms with Crippen molar-refractivity contribution in [1.29, 1.82) is 0 Å². The molecule has 0 saturated carbocycles. The van der Waals surface area contributed by atoms with Gasteiger partial charge in [0.15, 0.2) is 0 Å². The van der Waals surface area contributed by atoms with Crippen LogP contribution in [-0.2, 0) is 6.54 Å². The Bertz CT molecular complexity index is 904. The summed E-state index contributed by atoms with van der Waals surface area (Å²) >= 11 is 1.77. The monoisotopic (exact) mass is 406 g/mol. The third-order valence-electron chi connectivity index (χ3n) is 5.13. The van der Waals surface area contributed by atoms with Crippen LogP contribution in [0.15, 0.2) is 76.8 Å². The number of nitrogens with zero attached hydrogens (tertiary/aromatic N) is 3. The molecule has 1 atom stereocenters. The number of benzene rings is 2. The fraction of sp³-hybridized carbons (Fsp3) is 0.304. The highest BCUT2D eigenvalue weighted by atomic mass is 32.2. The maximum Gasteiger partial charge on any atom is 0.134 e. The number of aliphatic hydroxyl groups excluding tert-OH is 1. The third kappa shape index (κ3) is 5.49. The maximum absolute atomic E-state index is 9.45. The highest BCUT2D eigenvalue weighted by Crippen LogP contribution is 2.27. The summed E-state index contributed by atoms with van der Waals surface area (Å²) in [6.45, 7) is 2.79. The Morgan fingerprint density at radius 2 is 1.83 bits per heavy atom. The molecule has 4 rings (SSSR count). The van der Waals surface area contributed by atoms with Gasteiger partial charge in [0.05, 0.1) is 0 Å². The van der Waals surface area contributed by atoms with Crippen LogP contribution in [0.3, 0.4) is 0 Å². The van der Waals surface area contributed by atoms with Gasteiger partial charge in [-0.1, -0.05) is 42.1 Å². The van der Waals surface area contributed by atoms with Gasteiger partial charge in [0.25, 0.3) is 0 Å². The van der Waals surface area contributed by atoms with Gasteiger partial charge in [0, 0.05) is 42.1 Å². The van der Waals surface area contributed by atoms with E-state index in [1.165, 1.54) is 15.4 Å². The zero-order chi connectivity index (χ0) is 19.9. The first-order chi connectivity index (χ1) is 14.3. The second-order valence-electron chi connectivity index (χ2n) is 7.31. The second kappa shape index (κ2) is 9.76. The summed E-state index contributed by atoms with van der Waals surface area (Å²) in [4.78, 5) is 13.5. The first-order valence-corrected chi connectivity index (χ1v) is 10.9. The largest absolute Gasteiger partial charge is 0.396 e. The van der Waals surface area contributed by atoms with Gasteiger partial charge in [0.2, 0.25) is 0 Å². The predicted octanol–water partition coefficient (Wildman–Crippen LogP) is 4.45. The van der Waals surface area contributed by atoms with Gasteiger partial charge >= 0.3 is 0 Å². The van der Waals surface area contributed by atoms with Crippen LogP contribution in [0.1, 0.15) is 18.4 Å². The Morgan fingerprint density at radius 3 is 2.62 bits per heavy atom. The summed E-state index contributed by atoms with van der Waals surface area (Å²) in [7, 11) is 0. The quantitative estimate of drug-likeness (QED) is 0.605. The number of anilines is 2. The van der Waals surface area contributed by atoms with Crippen molar-refractivity contribution in [2.24, 2.45) is 5.92 Å². The van der Waals surface area contributed by atoms with E-state index >= 15 is 0 Å². The van der Waals surface area contributed by atoms with E-state index in [1.807, 2.05) is 12.1 Å². The van der Waals surface area contributed by atoms with Crippen molar-refractivity contribution in [2.45, 2.75) is 29.2 Å². The lowest BCUT2D eigenvalue weighted by Gasteiger charge is -2.32. The van der Waals surface area contributed by atoms with Crippen molar-refractivity contribution in [2.75, 3.05) is 29.9 Å². The topological polar surface area (TPSA) is 61.3 Å². The molecule has 3 aromatic rings. The molecule has 0 spiro atoms. The van der Waals surface area contributed by atoms with Crippen molar-refractivity contribution in [3.63, 3.8) is 0 Å². The molecule has 1 aliphatic heterocycles. The van der Waals surface area contributed by atoms with Crippen molar-refractivity contribution in [3.05, 3.63) is 72.6 Å². The van der Waals surface area contributed by atoms with E-state index in [1.54, 1.807) is 18.1 Å².